The summed E-state index contributed by atoms with van der Waals surface area (Å²) >= 11 is 0. The lowest BCUT2D eigenvalue weighted by Gasteiger charge is -2.35. The molecule has 0 aliphatic heterocycles. The number of halogens is 6. The third-order valence-corrected chi connectivity index (χ3v) is 6.14. The number of pyridine rings is 1. The molecular formula is C27H29F6N5O5. The minimum Gasteiger partial charge on any atom is -0.365 e. The van der Waals surface area contributed by atoms with Gasteiger partial charge in [0.2, 0.25) is 11.3 Å². The fraction of sp³-hybridized carbons (Fsp3) is 0.370. The van der Waals surface area contributed by atoms with Crippen molar-refractivity contribution >= 4 is 23.3 Å². The molecule has 0 aliphatic rings. The number of benzene rings is 1. The fourth-order valence-electron chi connectivity index (χ4n) is 3.87. The minimum atomic E-state index is -5.51. The van der Waals surface area contributed by atoms with E-state index in [4.69, 9.17) is 10.6 Å². The van der Waals surface area contributed by atoms with Gasteiger partial charge in [-0.1, -0.05) is 42.5 Å². The third-order valence-electron chi connectivity index (χ3n) is 6.14. The van der Waals surface area contributed by atoms with Crippen LogP contribution in [0.5, 0.6) is 0 Å². The van der Waals surface area contributed by atoms with Crippen LogP contribution in [-0.2, 0) is 22.3 Å². The molecule has 0 spiro atoms. The number of carbonyl (C=O) groups is 2. The molecule has 0 bridgehead atoms. The lowest BCUT2D eigenvalue weighted by molar-refractivity contribution is -0.385. The number of nitrogens with zero attached hydrogens (tertiary/aromatic N) is 3. The molecule has 234 valence electrons. The van der Waals surface area contributed by atoms with Gasteiger partial charge in [-0.3, -0.25) is 19.7 Å². The standard InChI is InChI=1S/C27H29F6N5O5/c1-5-7-14-24(3,4)36-21-18(26(28,29)30)15-19(38(41)42)20(35-21)22(39)37(34)23(40)25(13-6-2,27(31,32)33)43-16-17-11-9-8-10-12-17/h5-6,8-12,15H,1-2,7,13-14,16,34H2,3-4H3,(H,35,36)/t25-/m1/s1. The normalized spacial score (nSPS) is 13.5. The number of nitrogens with two attached hydrogens (primary N) is 1. The van der Waals surface area contributed by atoms with Crippen LogP contribution in [0.1, 0.15) is 54.7 Å². The van der Waals surface area contributed by atoms with Crippen molar-refractivity contribution in [2.24, 2.45) is 5.84 Å². The highest BCUT2D eigenvalue weighted by molar-refractivity contribution is 6.08. The maximum Gasteiger partial charge on any atom is 0.427 e. The van der Waals surface area contributed by atoms with Crippen molar-refractivity contribution in [2.45, 2.75) is 63.2 Å². The molecule has 43 heavy (non-hydrogen) atoms. The highest BCUT2D eigenvalue weighted by atomic mass is 19.4. The van der Waals surface area contributed by atoms with Crippen molar-refractivity contribution in [2.75, 3.05) is 5.32 Å². The number of rotatable bonds is 13. The van der Waals surface area contributed by atoms with E-state index in [2.05, 4.69) is 23.5 Å². The molecular weight excluding hydrogens is 588 g/mol. The van der Waals surface area contributed by atoms with E-state index in [9.17, 15) is 46.0 Å². The van der Waals surface area contributed by atoms with Gasteiger partial charge >= 0.3 is 23.9 Å². The molecule has 0 saturated heterocycles. The van der Waals surface area contributed by atoms with E-state index in [0.29, 0.717) is 12.5 Å². The van der Waals surface area contributed by atoms with Crippen molar-refractivity contribution in [1.82, 2.24) is 9.99 Å². The lowest BCUT2D eigenvalue weighted by atomic mass is 9.96. The van der Waals surface area contributed by atoms with Gasteiger partial charge < -0.3 is 10.1 Å². The van der Waals surface area contributed by atoms with E-state index < -0.39 is 81.0 Å². The number of alkyl halides is 6. The van der Waals surface area contributed by atoms with Crippen molar-refractivity contribution in [3.05, 3.63) is 88.6 Å². The van der Waals surface area contributed by atoms with Gasteiger partial charge in [0.05, 0.1) is 11.5 Å². The van der Waals surface area contributed by atoms with Gasteiger partial charge in [-0.05, 0) is 32.3 Å². The Bertz CT molecular complexity index is 1360. The predicted molar refractivity (Wildman–Crippen MR) is 143 cm³/mol. The number of nitro groups is 1. The van der Waals surface area contributed by atoms with E-state index in [0.717, 1.165) is 0 Å². The summed E-state index contributed by atoms with van der Waals surface area (Å²) in [7, 11) is 0. The highest BCUT2D eigenvalue weighted by Gasteiger charge is 2.63. The zero-order chi connectivity index (χ0) is 32.8. The summed E-state index contributed by atoms with van der Waals surface area (Å²) in [5, 5.41) is 13.5. The van der Waals surface area contributed by atoms with Gasteiger partial charge in [-0.2, -0.15) is 26.3 Å². The van der Waals surface area contributed by atoms with Crippen LogP contribution in [0.15, 0.2) is 61.7 Å². The highest BCUT2D eigenvalue weighted by Crippen LogP contribution is 2.41. The first-order valence-corrected chi connectivity index (χ1v) is 12.5. The van der Waals surface area contributed by atoms with E-state index in [1.165, 1.54) is 44.2 Å². The topological polar surface area (TPSA) is 141 Å². The van der Waals surface area contributed by atoms with Crippen LogP contribution in [0, 0.1) is 10.1 Å². The maximum absolute atomic E-state index is 14.4. The monoisotopic (exact) mass is 617 g/mol. The zero-order valence-electron chi connectivity index (χ0n) is 23.1. The fourth-order valence-corrected chi connectivity index (χ4v) is 3.87. The number of hydrogen-bond acceptors (Lipinski definition) is 8. The molecule has 0 radical (unpaired) electrons. The van der Waals surface area contributed by atoms with Gasteiger partial charge in [-0.25, -0.2) is 15.8 Å². The van der Waals surface area contributed by atoms with Crippen LogP contribution >= 0.6 is 0 Å². The van der Waals surface area contributed by atoms with Gasteiger partial charge in [0.15, 0.2) is 0 Å². The molecule has 0 aliphatic carbocycles. The summed E-state index contributed by atoms with van der Waals surface area (Å²) in [6.07, 6.45) is -9.26. The molecule has 2 aromatic rings. The van der Waals surface area contributed by atoms with Crippen molar-refractivity contribution in [3.8, 4) is 0 Å². The second-order valence-electron chi connectivity index (χ2n) is 9.92. The molecule has 10 nitrogen and oxygen atoms in total. The van der Waals surface area contributed by atoms with Crippen LogP contribution in [-0.4, -0.2) is 44.0 Å². The SMILES string of the molecule is C=CCCC(C)(C)Nc1nc(C(=O)N(N)C(=O)[C@@](CC=C)(OCc2ccccc2)C(F)(F)F)c([N+](=O)[O-])cc1C(F)(F)F. The van der Waals surface area contributed by atoms with Crippen molar-refractivity contribution < 1.29 is 45.6 Å². The molecule has 1 atom stereocenters. The Morgan fingerprint density at radius 1 is 1.12 bits per heavy atom. The van der Waals surface area contributed by atoms with E-state index in [1.807, 2.05) is 0 Å². The van der Waals surface area contributed by atoms with E-state index >= 15 is 0 Å². The second kappa shape index (κ2) is 13.3. The summed E-state index contributed by atoms with van der Waals surface area (Å²) < 4.78 is 90.0. The van der Waals surface area contributed by atoms with Gasteiger partial charge in [0.1, 0.15) is 11.4 Å². The number of anilines is 1. The number of hydrazine groups is 1. The number of imide groups is 1. The molecule has 1 aromatic heterocycles. The van der Waals surface area contributed by atoms with Gasteiger partial charge in [0.25, 0.3) is 5.91 Å². The first-order chi connectivity index (χ1) is 19.8. The Hall–Kier alpha value is -4.31. The summed E-state index contributed by atoms with van der Waals surface area (Å²) in [5.41, 5.74) is -9.35. The Morgan fingerprint density at radius 2 is 1.72 bits per heavy atom. The van der Waals surface area contributed by atoms with E-state index in [-0.39, 0.29) is 18.1 Å². The summed E-state index contributed by atoms with van der Waals surface area (Å²) in [4.78, 5) is 40.3. The Kier molecular flexibility index (Phi) is 10.8. The van der Waals surface area contributed by atoms with Crippen LogP contribution in [0.3, 0.4) is 0 Å². The molecule has 1 heterocycles. The molecule has 2 amide bonds. The number of ether oxygens (including phenoxy) is 1. The second-order valence-corrected chi connectivity index (χ2v) is 9.92. The average Bonchev–Trinajstić information content (AvgIpc) is 2.91. The zero-order valence-corrected chi connectivity index (χ0v) is 23.1. The lowest BCUT2D eigenvalue weighted by Crippen LogP contribution is -2.62. The predicted octanol–water partition coefficient (Wildman–Crippen LogP) is 6.10. The quantitative estimate of drug-likeness (QED) is 0.0686. The Labute approximate surface area is 242 Å². The molecule has 2 rings (SSSR count). The smallest absolute Gasteiger partial charge is 0.365 e. The van der Waals surface area contributed by atoms with Crippen molar-refractivity contribution in [1.29, 1.82) is 0 Å². The number of aromatic nitrogens is 1. The summed E-state index contributed by atoms with van der Waals surface area (Å²) in [6, 6.07) is 7.32. The largest absolute Gasteiger partial charge is 0.427 e. The minimum absolute atomic E-state index is 0.0167. The average molecular weight is 618 g/mol. The first-order valence-electron chi connectivity index (χ1n) is 12.5. The van der Waals surface area contributed by atoms with Crippen molar-refractivity contribution in [3.63, 3.8) is 0 Å². The Balaban J connectivity index is 2.68. The molecule has 1 aromatic carbocycles. The number of carbonyl (C=O) groups excluding carboxylic acids is 2. The van der Waals surface area contributed by atoms with Gasteiger partial charge in [-0.15, -0.1) is 13.2 Å². The van der Waals surface area contributed by atoms with Crippen LogP contribution < -0.4 is 11.2 Å². The number of hydrogen-bond donors (Lipinski definition) is 2. The third kappa shape index (κ3) is 8.16. The Morgan fingerprint density at radius 3 is 2.21 bits per heavy atom. The molecule has 16 heteroatoms. The summed E-state index contributed by atoms with van der Waals surface area (Å²) in [5.74, 6) is 0.265. The van der Waals surface area contributed by atoms with Gasteiger partial charge in [0, 0.05) is 18.0 Å². The van der Waals surface area contributed by atoms with Crippen LogP contribution in [0.25, 0.3) is 0 Å². The summed E-state index contributed by atoms with van der Waals surface area (Å²) in [6.45, 7) is 8.87. The maximum atomic E-state index is 14.4. The number of amides is 2. The van der Waals surface area contributed by atoms with Crippen LogP contribution in [0.2, 0.25) is 0 Å². The first kappa shape index (κ1) is 34.9. The van der Waals surface area contributed by atoms with Crippen LogP contribution in [0.4, 0.5) is 37.8 Å². The molecule has 0 saturated carbocycles. The molecule has 3 N–H and O–H groups in total. The number of allylic oxidation sites excluding steroid dienone is 1. The molecule has 0 fully saturated rings. The molecule has 0 unspecified atom stereocenters. The van der Waals surface area contributed by atoms with E-state index in [1.54, 1.807) is 6.07 Å². The number of nitrogens with one attached hydrogen (secondary N) is 1.